The van der Waals surface area contributed by atoms with Crippen LogP contribution in [0.1, 0.15) is 17.3 Å². The van der Waals surface area contributed by atoms with Crippen LogP contribution >= 0.6 is 23.2 Å². The Kier molecular flexibility index (Phi) is 4.36. The van der Waals surface area contributed by atoms with Crippen LogP contribution in [0, 0.1) is 5.82 Å². The Morgan fingerprint density at radius 3 is 2.80 bits per heavy atom. The highest BCUT2D eigenvalue weighted by molar-refractivity contribution is 6.33. The highest BCUT2D eigenvalue weighted by Crippen LogP contribution is 2.16. The van der Waals surface area contributed by atoms with Crippen molar-refractivity contribution in [2.75, 3.05) is 6.54 Å². The van der Waals surface area contributed by atoms with Gasteiger partial charge in [0.25, 0.3) is 5.91 Å². The lowest BCUT2D eigenvalue weighted by Gasteiger charge is -2.07. The molecule has 1 amide bonds. The number of benzene rings is 1. The second kappa shape index (κ2) is 5.33. The molecular formula is C10H10Cl2FNO. The van der Waals surface area contributed by atoms with Crippen molar-refractivity contribution in [3.63, 3.8) is 0 Å². The van der Waals surface area contributed by atoms with Crippen molar-refractivity contribution in [2.45, 2.75) is 12.3 Å². The van der Waals surface area contributed by atoms with Crippen molar-refractivity contribution in [1.82, 2.24) is 5.32 Å². The minimum absolute atomic E-state index is 0.0923. The first-order chi connectivity index (χ1) is 7.00. The van der Waals surface area contributed by atoms with Gasteiger partial charge in [0.2, 0.25) is 0 Å². The Morgan fingerprint density at radius 2 is 2.27 bits per heavy atom. The van der Waals surface area contributed by atoms with Crippen molar-refractivity contribution >= 4 is 29.1 Å². The molecule has 0 bridgehead atoms. The second-order valence-corrected chi connectivity index (χ2v) is 4.27. The summed E-state index contributed by atoms with van der Waals surface area (Å²) in [4.78, 5) is 11.5. The van der Waals surface area contributed by atoms with E-state index in [0.717, 1.165) is 6.07 Å². The Hall–Kier alpha value is -0.800. The van der Waals surface area contributed by atoms with Crippen molar-refractivity contribution in [1.29, 1.82) is 0 Å². The maximum Gasteiger partial charge on any atom is 0.252 e. The average molecular weight is 250 g/mol. The van der Waals surface area contributed by atoms with E-state index in [1.807, 2.05) is 0 Å². The fourth-order valence-corrected chi connectivity index (χ4v) is 1.33. The number of carbonyl (C=O) groups excluding carboxylic acids is 1. The Labute approximate surface area is 97.4 Å². The molecule has 1 atom stereocenters. The van der Waals surface area contributed by atoms with Crippen LogP contribution in [-0.4, -0.2) is 17.8 Å². The zero-order valence-corrected chi connectivity index (χ0v) is 9.57. The van der Waals surface area contributed by atoms with E-state index in [0.29, 0.717) is 6.54 Å². The van der Waals surface area contributed by atoms with E-state index >= 15 is 0 Å². The molecule has 0 saturated carbocycles. The fourth-order valence-electron chi connectivity index (χ4n) is 1.00. The minimum atomic E-state index is -0.470. The molecule has 1 unspecified atom stereocenters. The maximum absolute atomic E-state index is 12.7. The Balaban J connectivity index is 2.74. The molecule has 0 aliphatic rings. The minimum Gasteiger partial charge on any atom is -0.351 e. The number of hydrogen-bond acceptors (Lipinski definition) is 1. The molecule has 1 aromatic rings. The van der Waals surface area contributed by atoms with Gasteiger partial charge in [-0.3, -0.25) is 4.79 Å². The second-order valence-electron chi connectivity index (χ2n) is 3.11. The van der Waals surface area contributed by atoms with E-state index in [9.17, 15) is 9.18 Å². The summed E-state index contributed by atoms with van der Waals surface area (Å²) < 4.78 is 12.7. The van der Waals surface area contributed by atoms with E-state index in [4.69, 9.17) is 23.2 Å². The average Bonchev–Trinajstić information content (AvgIpc) is 2.14. The molecule has 1 N–H and O–H groups in total. The van der Waals surface area contributed by atoms with Gasteiger partial charge in [0.05, 0.1) is 10.6 Å². The van der Waals surface area contributed by atoms with Crippen LogP contribution in [0.25, 0.3) is 0 Å². The van der Waals surface area contributed by atoms with Crippen LogP contribution in [0.2, 0.25) is 5.02 Å². The SMILES string of the molecule is CC(Cl)CNC(=O)c1ccc(F)cc1Cl. The maximum atomic E-state index is 12.7. The predicted octanol–water partition coefficient (Wildman–Crippen LogP) is 2.84. The quantitative estimate of drug-likeness (QED) is 0.821. The van der Waals surface area contributed by atoms with Crippen molar-refractivity contribution in [3.8, 4) is 0 Å². The Morgan fingerprint density at radius 1 is 1.60 bits per heavy atom. The van der Waals surface area contributed by atoms with Crippen LogP contribution in [-0.2, 0) is 0 Å². The van der Waals surface area contributed by atoms with Gasteiger partial charge in [-0.2, -0.15) is 0 Å². The first kappa shape index (κ1) is 12.3. The molecule has 0 aliphatic carbocycles. The van der Waals surface area contributed by atoms with Crippen molar-refractivity contribution in [2.24, 2.45) is 0 Å². The van der Waals surface area contributed by atoms with Gasteiger partial charge in [-0.05, 0) is 25.1 Å². The van der Waals surface area contributed by atoms with Crippen LogP contribution in [0.4, 0.5) is 4.39 Å². The van der Waals surface area contributed by atoms with Gasteiger partial charge >= 0.3 is 0 Å². The summed E-state index contributed by atoms with van der Waals surface area (Å²) in [6.07, 6.45) is 0. The summed E-state index contributed by atoms with van der Waals surface area (Å²) in [5, 5.41) is 2.51. The molecule has 0 saturated heterocycles. The number of amides is 1. The van der Waals surface area contributed by atoms with Gasteiger partial charge < -0.3 is 5.32 Å². The van der Waals surface area contributed by atoms with Crippen LogP contribution in [0.5, 0.6) is 0 Å². The molecule has 82 valence electrons. The summed E-state index contributed by atoms with van der Waals surface area (Å²) in [6.45, 7) is 2.10. The van der Waals surface area contributed by atoms with Crippen LogP contribution in [0.3, 0.4) is 0 Å². The summed E-state index contributed by atoms with van der Waals surface area (Å²) in [7, 11) is 0. The van der Waals surface area contributed by atoms with Crippen molar-refractivity contribution in [3.05, 3.63) is 34.6 Å². The van der Waals surface area contributed by atoms with E-state index in [-0.39, 0.29) is 21.9 Å². The van der Waals surface area contributed by atoms with E-state index in [1.54, 1.807) is 6.92 Å². The van der Waals surface area contributed by atoms with Crippen LogP contribution < -0.4 is 5.32 Å². The molecule has 2 nitrogen and oxygen atoms in total. The molecule has 1 rings (SSSR count). The van der Waals surface area contributed by atoms with E-state index < -0.39 is 5.82 Å². The fraction of sp³-hybridized carbons (Fsp3) is 0.300. The number of rotatable bonds is 3. The van der Waals surface area contributed by atoms with E-state index in [2.05, 4.69) is 5.32 Å². The lowest BCUT2D eigenvalue weighted by atomic mass is 10.2. The van der Waals surface area contributed by atoms with E-state index in [1.165, 1.54) is 12.1 Å². The Bertz CT molecular complexity index is 368. The van der Waals surface area contributed by atoms with Gasteiger partial charge in [-0.25, -0.2) is 4.39 Å². The third kappa shape index (κ3) is 3.68. The predicted molar refractivity (Wildman–Crippen MR) is 59.1 cm³/mol. The lowest BCUT2D eigenvalue weighted by Crippen LogP contribution is -2.28. The molecule has 0 aromatic heterocycles. The van der Waals surface area contributed by atoms with Gasteiger partial charge in [-0.15, -0.1) is 11.6 Å². The molecular weight excluding hydrogens is 240 g/mol. The first-order valence-corrected chi connectivity index (χ1v) is 5.19. The highest BCUT2D eigenvalue weighted by Gasteiger charge is 2.11. The molecule has 0 fully saturated rings. The van der Waals surface area contributed by atoms with Crippen molar-refractivity contribution < 1.29 is 9.18 Å². The number of nitrogens with one attached hydrogen (secondary N) is 1. The zero-order valence-electron chi connectivity index (χ0n) is 8.06. The number of alkyl halides is 1. The summed E-state index contributed by atoms with van der Waals surface area (Å²) in [5.74, 6) is -0.824. The largest absolute Gasteiger partial charge is 0.351 e. The highest BCUT2D eigenvalue weighted by atomic mass is 35.5. The molecule has 0 radical (unpaired) electrons. The zero-order chi connectivity index (χ0) is 11.4. The molecule has 1 aromatic carbocycles. The standard InChI is InChI=1S/C10H10Cl2FNO/c1-6(11)5-14-10(15)8-3-2-7(13)4-9(8)12/h2-4,6H,5H2,1H3,(H,14,15). The molecule has 0 heterocycles. The van der Waals surface area contributed by atoms with Gasteiger partial charge in [-0.1, -0.05) is 11.6 Å². The smallest absolute Gasteiger partial charge is 0.252 e. The van der Waals surface area contributed by atoms with Gasteiger partial charge in [0, 0.05) is 11.9 Å². The third-order valence-corrected chi connectivity index (χ3v) is 2.19. The van der Waals surface area contributed by atoms with Crippen LogP contribution in [0.15, 0.2) is 18.2 Å². The summed E-state index contributed by atoms with van der Waals surface area (Å²) in [6, 6.07) is 3.62. The monoisotopic (exact) mass is 249 g/mol. The third-order valence-electron chi connectivity index (χ3n) is 1.72. The first-order valence-electron chi connectivity index (χ1n) is 4.38. The topological polar surface area (TPSA) is 29.1 Å². The normalized spacial score (nSPS) is 12.3. The van der Waals surface area contributed by atoms with Gasteiger partial charge in [0.1, 0.15) is 5.82 Å². The lowest BCUT2D eigenvalue weighted by molar-refractivity contribution is 0.0954. The summed E-state index contributed by atoms with van der Waals surface area (Å²) >= 11 is 11.4. The summed E-state index contributed by atoms with van der Waals surface area (Å²) in [5.41, 5.74) is 0.246. The number of hydrogen-bond donors (Lipinski definition) is 1. The number of carbonyl (C=O) groups is 1. The molecule has 5 heteroatoms. The molecule has 0 spiro atoms. The van der Waals surface area contributed by atoms with Gasteiger partial charge in [0.15, 0.2) is 0 Å². The molecule has 15 heavy (non-hydrogen) atoms. The number of halogens is 3. The molecule has 0 aliphatic heterocycles.